The molecule has 1 atom stereocenters. The third-order valence-corrected chi connectivity index (χ3v) is 5.42. The van der Waals surface area contributed by atoms with Crippen molar-refractivity contribution in [2.24, 2.45) is 0 Å². The van der Waals surface area contributed by atoms with Crippen LogP contribution in [0.4, 0.5) is 0 Å². The summed E-state index contributed by atoms with van der Waals surface area (Å²) in [5, 5.41) is 0.132. The van der Waals surface area contributed by atoms with Gasteiger partial charge in [0.2, 0.25) is 0 Å². The molecule has 0 aliphatic heterocycles. The van der Waals surface area contributed by atoms with Gasteiger partial charge in [-0.25, -0.2) is 0 Å². The molecule has 3 aromatic rings. The van der Waals surface area contributed by atoms with E-state index in [-0.39, 0.29) is 31.5 Å². The van der Waals surface area contributed by atoms with Gasteiger partial charge in [0.1, 0.15) is 0 Å². The number of aromatic nitrogens is 1. The maximum absolute atomic E-state index is 5.18. The van der Waals surface area contributed by atoms with Crippen LogP contribution in [0.25, 0.3) is 0 Å². The smallest absolute Gasteiger partial charge is 0.783 e. The second kappa shape index (κ2) is 19.3. The first kappa shape index (κ1) is 33.0. The Morgan fingerprint density at radius 3 is 1.66 bits per heavy atom. The molecule has 0 N–H and O–H groups in total. The van der Waals surface area contributed by atoms with E-state index in [4.69, 9.17) is 12.6 Å². The molecule has 35 heavy (non-hydrogen) atoms. The number of rotatable bonds is 3. The number of allylic oxidation sites excluding steroid dienone is 4. The fraction of sp³-hybridized carbons (Fsp3) is 0.281. The summed E-state index contributed by atoms with van der Waals surface area (Å²) >= 11 is 5.18. The number of hydrogen-bond donors (Lipinski definition) is 0. The molecule has 4 rings (SSSR count). The first-order chi connectivity index (χ1) is 16.2. The van der Waals surface area contributed by atoms with E-state index in [9.17, 15) is 0 Å². The van der Waals surface area contributed by atoms with Crippen LogP contribution >= 0.6 is 0 Å². The van der Waals surface area contributed by atoms with Crippen molar-refractivity contribution in [2.45, 2.75) is 59.1 Å². The van der Waals surface area contributed by atoms with E-state index in [1.807, 2.05) is 79.9 Å². The molecule has 0 bridgehead atoms. The van der Waals surface area contributed by atoms with Crippen LogP contribution in [0.3, 0.4) is 0 Å². The summed E-state index contributed by atoms with van der Waals surface area (Å²) in [6.45, 7) is 18.2. The van der Waals surface area contributed by atoms with E-state index in [1.54, 1.807) is 0 Å². The molecule has 1 aromatic heterocycles. The summed E-state index contributed by atoms with van der Waals surface area (Å²) in [4.78, 5) is 4.29. The molecule has 183 valence electrons. The Hall–Kier alpha value is -1.96. The monoisotopic (exact) mass is 560 g/mol. The van der Waals surface area contributed by atoms with Crippen molar-refractivity contribution in [3.8, 4) is 0 Å². The second-order valence-electron chi connectivity index (χ2n) is 8.54. The van der Waals surface area contributed by atoms with Gasteiger partial charge in [-0.15, -0.1) is 29.5 Å². The molecular weight excluding hydrogens is 522 g/mol. The van der Waals surface area contributed by atoms with Crippen molar-refractivity contribution >= 4 is 12.6 Å². The Morgan fingerprint density at radius 2 is 1.37 bits per heavy atom. The minimum atomic E-state index is 0. The molecule has 2 aromatic carbocycles. The van der Waals surface area contributed by atoms with E-state index in [0.29, 0.717) is 0 Å². The van der Waals surface area contributed by atoms with Crippen LogP contribution < -0.4 is 0 Å². The SMILES string of the molecule is CC1=CC(C)=C(C)C1.CCCc1cccnc1C(C)[S-].[CH2-]c1ccccc1.[CH2-]c1ccccc1.[Zr+3]. The molecule has 1 aliphatic carbocycles. The van der Waals surface area contributed by atoms with Crippen LogP contribution in [-0.2, 0) is 45.3 Å². The molecular formula is C32H40NSZr. The molecule has 0 amide bonds. The molecule has 1 aliphatic rings. The van der Waals surface area contributed by atoms with Gasteiger partial charge in [0, 0.05) is 11.9 Å². The largest absolute Gasteiger partial charge is 3.00 e. The van der Waals surface area contributed by atoms with E-state index < -0.39 is 0 Å². The molecule has 0 saturated heterocycles. The summed E-state index contributed by atoms with van der Waals surface area (Å²) in [7, 11) is 0. The van der Waals surface area contributed by atoms with Gasteiger partial charge in [0.05, 0.1) is 0 Å². The predicted octanol–water partition coefficient (Wildman–Crippen LogP) is 9.05. The average molecular weight is 562 g/mol. The van der Waals surface area contributed by atoms with Crippen LogP contribution in [0, 0.1) is 13.8 Å². The summed E-state index contributed by atoms with van der Waals surface area (Å²) in [6, 6.07) is 23.8. The van der Waals surface area contributed by atoms with Crippen LogP contribution in [0.15, 0.2) is 102 Å². The quantitative estimate of drug-likeness (QED) is 0.234. The number of pyridine rings is 1. The van der Waals surface area contributed by atoms with Gasteiger partial charge in [-0.1, -0.05) is 61.3 Å². The maximum Gasteiger partial charge on any atom is 3.00 e. The van der Waals surface area contributed by atoms with E-state index in [2.05, 4.69) is 58.7 Å². The Bertz CT molecular complexity index is 971. The molecule has 0 spiro atoms. The Balaban J connectivity index is 0.000000448. The minimum Gasteiger partial charge on any atom is -0.783 e. The topological polar surface area (TPSA) is 12.9 Å². The van der Waals surface area contributed by atoms with E-state index in [0.717, 1.165) is 29.7 Å². The molecule has 1 unspecified atom stereocenters. The first-order valence-electron chi connectivity index (χ1n) is 11.9. The fourth-order valence-electron chi connectivity index (χ4n) is 3.36. The summed E-state index contributed by atoms with van der Waals surface area (Å²) in [6.07, 6.45) is 7.52. The number of hydrogen-bond acceptors (Lipinski definition) is 2. The standard InChI is InChI=1S/C10H15NS.C8H12.2C7H7.Zr/c1-3-5-9-6-4-7-11-10(9)8(2)12;1-6-4-7(2)8(3)5-6;2*1-7-5-3-2-4-6-7;/h4,6-8,12H,3,5H2,1-2H3;4H,5H2,1-3H3;2*2-6H,1H2;/q;;2*-1;+3/p-1. The zero-order chi connectivity index (χ0) is 25.3. The van der Waals surface area contributed by atoms with Crippen molar-refractivity contribution in [3.63, 3.8) is 0 Å². The maximum atomic E-state index is 5.18. The third-order valence-electron chi connectivity index (χ3n) is 5.20. The zero-order valence-electron chi connectivity index (χ0n) is 22.1. The molecule has 1 radical (unpaired) electrons. The van der Waals surface area contributed by atoms with Crippen LogP contribution in [-0.4, -0.2) is 4.98 Å². The molecule has 1 heterocycles. The Kier molecular flexibility index (Phi) is 18.2. The average Bonchev–Trinajstić information content (AvgIpc) is 3.11. The Labute approximate surface area is 239 Å². The van der Waals surface area contributed by atoms with Gasteiger partial charge in [-0.2, -0.15) is 49.2 Å². The molecule has 0 fully saturated rings. The molecule has 0 saturated carbocycles. The van der Waals surface area contributed by atoms with Gasteiger partial charge in [0.15, 0.2) is 0 Å². The third kappa shape index (κ3) is 14.9. The zero-order valence-corrected chi connectivity index (χ0v) is 25.3. The van der Waals surface area contributed by atoms with Crippen LogP contribution in [0.5, 0.6) is 0 Å². The van der Waals surface area contributed by atoms with Gasteiger partial charge >= 0.3 is 26.2 Å². The van der Waals surface area contributed by atoms with Crippen LogP contribution in [0.1, 0.15) is 75.1 Å². The van der Waals surface area contributed by atoms with Crippen molar-refractivity contribution in [3.05, 3.63) is 138 Å². The van der Waals surface area contributed by atoms with Gasteiger partial charge < -0.3 is 12.6 Å². The Morgan fingerprint density at radius 1 is 0.857 bits per heavy atom. The minimum absolute atomic E-state index is 0. The molecule has 1 nitrogen and oxygen atoms in total. The summed E-state index contributed by atoms with van der Waals surface area (Å²) in [5.74, 6) is 0. The second-order valence-corrected chi connectivity index (χ2v) is 9.25. The van der Waals surface area contributed by atoms with E-state index >= 15 is 0 Å². The van der Waals surface area contributed by atoms with Crippen molar-refractivity contribution < 1.29 is 26.2 Å². The molecule has 3 heteroatoms. The van der Waals surface area contributed by atoms with Crippen molar-refractivity contribution in [2.75, 3.05) is 0 Å². The number of benzene rings is 2. The van der Waals surface area contributed by atoms with Crippen molar-refractivity contribution in [1.82, 2.24) is 4.98 Å². The number of aryl methyl sites for hydroxylation is 1. The van der Waals surface area contributed by atoms with Crippen molar-refractivity contribution in [1.29, 1.82) is 0 Å². The first-order valence-corrected chi connectivity index (χ1v) is 12.4. The number of nitrogens with zero attached hydrogens (tertiary/aromatic N) is 1. The summed E-state index contributed by atoms with van der Waals surface area (Å²) < 4.78 is 0. The summed E-state index contributed by atoms with van der Waals surface area (Å²) in [5.41, 5.74) is 9.02. The van der Waals surface area contributed by atoms with Gasteiger partial charge in [-0.3, -0.25) is 4.98 Å². The van der Waals surface area contributed by atoms with Crippen LogP contribution in [0.2, 0.25) is 0 Å². The van der Waals surface area contributed by atoms with Gasteiger partial charge in [-0.05, 0) is 45.2 Å². The fourth-order valence-corrected chi connectivity index (χ4v) is 3.57. The normalized spacial score (nSPS) is 12.3. The van der Waals surface area contributed by atoms with Gasteiger partial charge in [0.25, 0.3) is 0 Å². The van der Waals surface area contributed by atoms with E-state index in [1.165, 1.54) is 28.7 Å². The predicted molar refractivity (Wildman–Crippen MR) is 153 cm³/mol.